The highest BCUT2D eigenvalue weighted by molar-refractivity contribution is 5.27. The van der Waals surface area contributed by atoms with Crippen molar-refractivity contribution in [1.29, 1.82) is 0 Å². The number of hydrogen-bond donors (Lipinski definition) is 1. The number of nitrogens with one attached hydrogen (secondary N) is 1. The zero-order valence-corrected chi connectivity index (χ0v) is 12.6. The number of hydrogen-bond acceptors (Lipinski definition) is 3. The number of rotatable bonds is 2. The van der Waals surface area contributed by atoms with Crippen LogP contribution < -0.4 is 5.32 Å². The summed E-state index contributed by atoms with van der Waals surface area (Å²) in [6.45, 7) is 9.07. The van der Waals surface area contributed by atoms with Gasteiger partial charge < -0.3 is 5.32 Å². The maximum atomic E-state index is 4.57. The molecule has 0 amide bonds. The van der Waals surface area contributed by atoms with E-state index in [1.54, 1.807) is 0 Å². The fourth-order valence-electron chi connectivity index (χ4n) is 3.90. The van der Waals surface area contributed by atoms with Crippen LogP contribution in [0.25, 0.3) is 0 Å². The van der Waals surface area contributed by atoms with E-state index >= 15 is 0 Å². The molecule has 0 saturated carbocycles. The average molecular weight is 262 g/mol. The minimum absolute atomic E-state index is 0.481. The first-order valence-corrected chi connectivity index (χ1v) is 7.56. The molecule has 106 valence electrons. The molecular weight excluding hydrogens is 236 g/mol. The van der Waals surface area contributed by atoms with Gasteiger partial charge in [-0.1, -0.05) is 0 Å². The molecule has 4 nitrogen and oxygen atoms in total. The molecule has 4 heteroatoms. The van der Waals surface area contributed by atoms with Crippen molar-refractivity contribution in [3.8, 4) is 0 Å². The first kappa shape index (κ1) is 13.1. The van der Waals surface area contributed by atoms with Crippen LogP contribution in [-0.4, -0.2) is 39.9 Å². The van der Waals surface area contributed by atoms with Crippen LogP contribution in [0, 0.1) is 13.8 Å². The highest BCUT2D eigenvalue weighted by Gasteiger charge is 2.32. The molecule has 3 atom stereocenters. The third-order valence-corrected chi connectivity index (χ3v) is 5.09. The van der Waals surface area contributed by atoms with Crippen LogP contribution in [0.4, 0.5) is 0 Å². The van der Waals surface area contributed by atoms with E-state index in [0.29, 0.717) is 12.1 Å². The SMILES string of the molecule is Cc1nn(C)c(C)c1C(C)N1CCC2CCC(C1)N2. The van der Waals surface area contributed by atoms with Crippen molar-refractivity contribution in [2.24, 2.45) is 7.05 Å². The number of aromatic nitrogens is 2. The van der Waals surface area contributed by atoms with Gasteiger partial charge in [0, 0.05) is 49.5 Å². The van der Waals surface area contributed by atoms with Gasteiger partial charge in [-0.05, 0) is 40.0 Å². The smallest absolute Gasteiger partial charge is 0.0644 e. The third kappa shape index (κ3) is 2.32. The Morgan fingerprint density at radius 1 is 1.21 bits per heavy atom. The van der Waals surface area contributed by atoms with Gasteiger partial charge in [0.1, 0.15) is 0 Å². The lowest BCUT2D eigenvalue weighted by Gasteiger charge is -2.30. The molecule has 0 radical (unpaired) electrons. The maximum absolute atomic E-state index is 4.57. The van der Waals surface area contributed by atoms with Crippen LogP contribution >= 0.6 is 0 Å². The molecule has 19 heavy (non-hydrogen) atoms. The van der Waals surface area contributed by atoms with Gasteiger partial charge >= 0.3 is 0 Å². The quantitative estimate of drug-likeness (QED) is 0.884. The molecule has 2 saturated heterocycles. The highest BCUT2D eigenvalue weighted by Crippen LogP contribution is 2.30. The Morgan fingerprint density at radius 3 is 2.63 bits per heavy atom. The Labute approximate surface area is 116 Å². The van der Waals surface area contributed by atoms with E-state index in [9.17, 15) is 0 Å². The monoisotopic (exact) mass is 262 g/mol. The summed E-state index contributed by atoms with van der Waals surface area (Å²) in [5.74, 6) is 0. The molecular formula is C15H26N4. The molecule has 2 bridgehead atoms. The summed E-state index contributed by atoms with van der Waals surface area (Å²) in [5.41, 5.74) is 3.93. The second kappa shape index (κ2) is 4.91. The fraction of sp³-hybridized carbons (Fsp3) is 0.800. The van der Waals surface area contributed by atoms with Crippen LogP contribution in [0.3, 0.4) is 0 Å². The van der Waals surface area contributed by atoms with Gasteiger partial charge in [-0.3, -0.25) is 9.58 Å². The van der Waals surface area contributed by atoms with Crippen LogP contribution in [0.2, 0.25) is 0 Å². The minimum Gasteiger partial charge on any atom is -0.310 e. The molecule has 2 aliphatic heterocycles. The standard InChI is InChI=1S/C15H26N4/c1-10-15(11(2)18(4)17-10)12(3)19-8-7-13-5-6-14(9-19)16-13/h12-14,16H,5-9H2,1-4H3. The van der Waals surface area contributed by atoms with E-state index < -0.39 is 0 Å². The lowest BCUT2D eigenvalue weighted by atomic mass is 10.0. The van der Waals surface area contributed by atoms with Gasteiger partial charge in [-0.25, -0.2) is 0 Å². The number of fused-ring (bicyclic) bond motifs is 2. The molecule has 2 aliphatic rings. The fourth-order valence-corrected chi connectivity index (χ4v) is 3.90. The van der Waals surface area contributed by atoms with Gasteiger partial charge in [0.2, 0.25) is 0 Å². The highest BCUT2D eigenvalue weighted by atomic mass is 15.3. The summed E-state index contributed by atoms with van der Waals surface area (Å²) in [6.07, 6.45) is 4.01. The van der Waals surface area contributed by atoms with Gasteiger partial charge in [0.05, 0.1) is 5.69 Å². The van der Waals surface area contributed by atoms with Gasteiger partial charge in [-0.15, -0.1) is 0 Å². The molecule has 3 unspecified atom stereocenters. The molecule has 1 N–H and O–H groups in total. The van der Waals surface area contributed by atoms with Crippen LogP contribution in [0.15, 0.2) is 0 Å². The van der Waals surface area contributed by atoms with Crippen molar-refractivity contribution in [2.45, 2.75) is 58.2 Å². The first-order chi connectivity index (χ1) is 9.06. The van der Waals surface area contributed by atoms with Crippen molar-refractivity contribution in [1.82, 2.24) is 20.0 Å². The summed E-state index contributed by atoms with van der Waals surface area (Å²) in [5, 5.41) is 8.33. The molecule has 3 rings (SSSR count). The number of aryl methyl sites for hydroxylation is 2. The Bertz CT molecular complexity index is 465. The van der Waals surface area contributed by atoms with Crippen LogP contribution in [-0.2, 0) is 7.05 Å². The summed E-state index contributed by atoms with van der Waals surface area (Å²) >= 11 is 0. The lowest BCUT2D eigenvalue weighted by molar-refractivity contribution is 0.199. The molecule has 0 aromatic carbocycles. The number of nitrogens with zero attached hydrogens (tertiary/aromatic N) is 3. The van der Waals surface area contributed by atoms with Gasteiger partial charge in [0.25, 0.3) is 0 Å². The molecule has 0 spiro atoms. The van der Waals surface area contributed by atoms with Gasteiger partial charge in [0.15, 0.2) is 0 Å². The van der Waals surface area contributed by atoms with Crippen molar-refractivity contribution in [3.63, 3.8) is 0 Å². The molecule has 0 aliphatic carbocycles. The topological polar surface area (TPSA) is 33.1 Å². The van der Waals surface area contributed by atoms with Gasteiger partial charge in [-0.2, -0.15) is 5.10 Å². The second-order valence-electron chi connectivity index (χ2n) is 6.31. The third-order valence-electron chi connectivity index (χ3n) is 5.09. The average Bonchev–Trinajstić information content (AvgIpc) is 2.79. The predicted molar refractivity (Wildman–Crippen MR) is 77.2 cm³/mol. The first-order valence-electron chi connectivity index (χ1n) is 7.56. The maximum Gasteiger partial charge on any atom is 0.0644 e. The van der Waals surface area contributed by atoms with E-state index in [0.717, 1.165) is 6.04 Å². The minimum atomic E-state index is 0.481. The summed E-state index contributed by atoms with van der Waals surface area (Å²) in [4.78, 5) is 2.65. The van der Waals surface area contributed by atoms with E-state index in [1.165, 1.54) is 49.3 Å². The second-order valence-corrected chi connectivity index (χ2v) is 6.31. The van der Waals surface area contributed by atoms with E-state index in [4.69, 9.17) is 0 Å². The largest absolute Gasteiger partial charge is 0.310 e. The Kier molecular flexibility index (Phi) is 3.39. The van der Waals surface area contributed by atoms with Crippen LogP contribution in [0.1, 0.15) is 49.2 Å². The molecule has 1 aromatic rings. The Morgan fingerprint density at radius 2 is 1.95 bits per heavy atom. The van der Waals surface area contributed by atoms with E-state index in [2.05, 4.69) is 36.1 Å². The van der Waals surface area contributed by atoms with Crippen molar-refractivity contribution < 1.29 is 0 Å². The molecule has 2 fully saturated rings. The lowest BCUT2D eigenvalue weighted by Crippen LogP contribution is -2.37. The number of likely N-dealkylation sites (tertiary alicyclic amines) is 1. The van der Waals surface area contributed by atoms with Crippen LogP contribution in [0.5, 0.6) is 0 Å². The summed E-state index contributed by atoms with van der Waals surface area (Å²) in [6, 6.07) is 1.94. The normalized spacial score (nSPS) is 29.5. The zero-order chi connectivity index (χ0) is 13.6. The Balaban J connectivity index is 1.81. The molecule has 3 heterocycles. The predicted octanol–water partition coefficient (Wildman–Crippen LogP) is 1.92. The zero-order valence-electron chi connectivity index (χ0n) is 12.6. The van der Waals surface area contributed by atoms with Crippen molar-refractivity contribution in [2.75, 3.05) is 13.1 Å². The van der Waals surface area contributed by atoms with E-state index in [1.807, 2.05) is 11.7 Å². The summed E-state index contributed by atoms with van der Waals surface area (Å²) in [7, 11) is 2.05. The van der Waals surface area contributed by atoms with E-state index in [-0.39, 0.29) is 0 Å². The van der Waals surface area contributed by atoms with Crippen molar-refractivity contribution in [3.05, 3.63) is 17.0 Å². The Hall–Kier alpha value is -0.870. The summed E-state index contributed by atoms with van der Waals surface area (Å²) < 4.78 is 2.02. The molecule has 1 aromatic heterocycles. The van der Waals surface area contributed by atoms with Crippen molar-refractivity contribution >= 4 is 0 Å².